The first kappa shape index (κ1) is 9.39. The summed E-state index contributed by atoms with van der Waals surface area (Å²) in [5.41, 5.74) is 1.10. The summed E-state index contributed by atoms with van der Waals surface area (Å²) < 4.78 is 5.13. The molecule has 0 fully saturated rings. The number of nitrogens with zero attached hydrogens (tertiary/aromatic N) is 2. The average Bonchev–Trinajstić information content (AvgIpc) is 2.65. The van der Waals surface area contributed by atoms with E-state index in [4.69, 9.17) is 4.42 Å². The van der Waals surface area contributed by atoms with E-state index in [-0.39, 0.29) is 11.6 Å². The summed E-state index contributed by atoms with van der Waals surface area (Å²) in [5.74, 6) is 0.278. The van der Waals surface area contributed by atoms with Crippen molar-refractivity contribution in [2.75, 3.05) is 0 Å². The van der Waals surface area contributed by atoms with Crippen molar-refractivity contribution in [3.05, 3.63) is 46.3 Å². The molecule has 0 N–H and O–H groups in total. The van der Waals surface area contributed by atoms with Crippen LogP contribution in [0.2, 0.25) is 0 Å². The quantitative estimate of drug-likeness (QED) is 0.556. The van der Waals surface area contributed by atoms with Gasteiger partial charge in [0, 0.05) is 6.07 Å². The summed E-state index contributed by atoms with van der Waals surface area (Å²) in [4.78, 5) is 14.3. The number of oxazole rings is 1. The van der Waals surface area contributed by atoms with E-state index >= 15 is 0 Å². The zero-order valence-electron chi connectivity index (χ0n) is 8.01. The Hall–Kier alpha value is -2.17. The second-order valence-electron chi connectivity index (χ2n) is 3.07. The smallest absolute Gasteiger partial charge is 0.282 e. The number of hydrogen-bond acceptors (Lipinski definition) is 4. The molecule has 0 aliphatic heterocycles. The Bertz CT molecular complexity index is 505. The fourth-order valence-electron chi connectivity index (χ4n) is 1.29. The van der Waals surface area contributed by atoms with Gasteiger partial charge in [0.2, 0.25) is 5.89 Å². The highest BCUT2D eigenvalue weighted by molar-refractivity contribution is 5.66. The Labute approximate surface area is 85.5 Å². The van der Waals surface area contributed by atoms with Gasteiger partial charge in [-0.2, -0.15) is 0 Å². The van der Waals surface area contributed by atoms with Gasteiger partial charge in [-0.25, -0.2) is 4.98 Å². The van der Waals surface area contributed by atoms with Crippen molar-refractivity contribution >= 4 is 5.69 Å². The molecule has 5 nitrogen and oxygen atoms in total. The van der Waals surface area contributed by atoms with Crippen molar-refractivity contribution in [3.63, 3.8) is 0 Å². The summed E-state index contributed by atoms with van der Waals surface area (Å²) in [6, 6.07) is 6.36. The Kier molecular flexibility index (Phi) is 2.21. The predicted octanol–water partition coefficient (Wildman–Crippen LogP) is 2.56. The van der Waals surface area contributed by atoms with E-state index in [1.807, 2.05) is 0 Å². The highest BCUT2D eigenvalue weighted by Crippen LogP contribution is 2.28. The Morgan fingerprint density at radius 1 is 1.40 bits per heavy atom. The maximum Gasteiger partial charge on any atom is 0.282 e. The summed E-state index contributed by atoms with van der Waals surface area (Å²) in [6.45, 7) is 1.77. The van der Waals surface area contributed by atoms with Gasteiger partial charge in [-0.15, -0.1) is 0 Å². The first-order valence-electron chi connectivity index (χ1n) is 4.34. The zero-order valence-corrected chi connectivity index (χ0v) is 8.01. The summed E-state index contributed by atoms with van der Waals surface area (Å²) >= 11 is 0. The van der Waals surface area contributed by atoms with Crippen LogP contribution in [0.3, 0.4) is 0 Å². The van der Waals surface area contributed by atoms with E-state index in [0.717, 1.165) is 0 Å². The van der Waals surface area contributed by atoms with E-state index in [1.165, 1.54) is 12.3 Å². The normalized spacial score (nSPS) is 10.2. The van der Waals surface area contributed by atoms with Crippen LogP contribution in [0.15, 0.2) is 34.9 Å². The van der Waals surface area contributed by atoms with Crippen LogP contribution in [0.5, 0.6) is 0 Å². The molecule has 0 bridgehead atoms. The van der Waals surface area contributed by atoms with Crippen LogP contribution in [0, 0.1) is 17.0 Å². The maximum atomic E-state index is 10.7. The molecule has 0 unspecified atom stereocenters. The molecule has 1 aromatic carbocycles. The minimum atomic E-state index is -0.450. The van der Waals surface area contributed by atoms with E-state index < -0.39 is 4.92 Å². The van der Waals surface area contributed by atoms with Crippen LogP contribution in [-0.2, 0) is 0 Å². The Morgan fingerprint density at radius 3 is 2.73 bits per heavy atom. The van der Waals surface area contributed by atoms with Gasteiger partial charge < -0.3 is 4.42 Å². The summed E-state index contributed by atoms with van der Waals surface area (Å²) in [7, 11) is 0. The lowest BCUT2D eigenvalue weighted by molar-refractivity contribution is -0.384. The van der Waals surface area contributed by atoms with Crippen LogP contribution in [0.25, 0.3) is 11.5 Å². The van der Waals surface area contributed by atoms with E-state index in [2.05, 4.69) is 4.98 Å². The van der Waals surface area contributed by atoms with Crippen LogP contribution in [-0.4, -0.2) is 9.91 Å². The molecule has 0 saturated heterocycles. The van der Waals surface area contributed by atoms with Crippen molar-refractivity contribution in [3.8, 4) is 11.5 Å². The lowest BCUT2D eigenvalue weighted by Gasteiger charge is -1.96. The first-order valence-corrected chi connectivity index (χ1v) is 4.34. The van der Waals surface area contributed by atoms with Crippen molar-refractivity contribution < 1.29 is 9.34 Å². The largest absolute Gasteiger partial charge is 0.444 e. The highest BCUT2D eigenvalue weighted by atomic mass is 16.6. The molecule has 1 aromatic heterocycles. The third kappa shape index (κ3) is 1.71. The van der Waals surface area contributed by atoms with Gasteiger partial charge in [0.25, 0.3) is 5.69 Å². The van der Waals surface area contributed by atoms with Crippen molar-refractivity contribution in [1.82, 2.24) is 4.98 Å². The lowest BCUT2D eigenvalue weighted by atomic mass is 10.2. The molecule has 1 heterocycles. The lowest BCUT2D eigenvalue weighted by Crippen LogP contribution is -1.91. The Morgan fingerprint density at radius 2 is 2.13 bits per heavy atom. The van der Waals surface area contributed by atoms with E-state index in [1.54, 1.807) is 25.1 Å². The van der Waals surface area contributed by atoms with Crippen LogP contribution >= 0.6 is 0 Å². The number of aromatic nitrogens is 1. The second kappa shape index (κ2) is 3.53. The average molecular weight is 204 g/mol. The van der Waals surface area contributed by atoms with Gasteiger partial charge in [0.15, 0.2) is 0 Å². The molecule has 2 aromatic rings. The van der Waals surface area contributed by atoms with Gasteiger partial charge in [0.05, 0.1) is 10.6 Å². The SMILES string of the molecule is Cc1coc(-c2ccccc2[N+](=O)[O-])n1. The van der Waals surface area contributed by atoms with Gasteiger partial charge in [-0.05, 0) is 13.0 Å². The first-order chi connectivity index (χ1) is 7.18. The van der Waals surface area contributed by atoms with E-state index in [0.29, 0.717) is 11.3 Å². The fraction of sp³-hybridized carbons (Fsp3) is 0.100. The number of hydrogen-bond donors (Lipinski definition) is 0. The molecular weight excluding hydrogens is 196 g/mol. The molecule has 0 aliphatic carbocycles. The number of rotatable bonds is 2. The van der Waals surface area contributed by atoms with E-state index in [9.17, 15) is 10.1 Å². The molecule has 0 aliphatic rings. The van der Waals surface area contributed by atoms with Crippen molar-refractivity contribution in [2.45, 2.75) is 6.92 Å². The molecule has 0 atom stereocenters. The minimum absolute atomic E-state index is 0.000602. The fourth-order valence-corrected chi connectivity index (χ4v) is 1.29. The molecule has 15 heavy (non-hydrogen) atoms. The third-order valence-electron chi connectivity index (χ3n) is 1.95. The van der Waals surface area contributed by atoms with Crippen LogP contribution in [0.1, 0.15) is 5.69 Å². The number of nitro benzene ring substituents is 1. The molecule has 0 radical (unpaired) electrons. The molecule has 76 valence electrons. The Balaban J connectivity index is 2.57. The number of aryl methyl sites for hydroxylation is 1. The van der Waals surface area contributed by atoms with Crippen molar-refractivity contribution in [1.29, 1.82) is 0 Å². The molecule has 0 saturated carbocycles. The highest BCUT2D eigenvalue weighted by Gasteiger charge is 2.17. The van der Waals surface area contributed by atoms with Crippen LogP contribution < -0.4 is 0 Å². The topological polar surface area (TPSA) is 69.2 Å². The standard InChI is InChI=1S/C10H8N2O3/c1-7-6-15-10(11-7)8-4-2-3-5-9(8)12(13)14/h2-6H,1H3. The van der Waals surface area contributed by atoms with Gasteiger partial charge in [0.1, 0.15) is 11.8 Å². The van der Waals surface area contributed by atoms with Crippen LogP contribution in [0.4, 0.5) is 5.69 Å². The molecule has 0 amide bonds. The number of nitro groups is 1. The summed E-state index contributed by atoms with van der Waals surface area (Å²) in [5, 5.41) is 10.7. The van der Waals surface area contributed by atoms with Gasteiger partial charge in [-0.1, -0.05) is 12.1 Å². The molecular formula is C10H8N2O3. The van der Waals surface area contributed by atoms with Crippen molar-refractivity contribution in [2.24, 2.45) is 0 Å². The number of para-hydroxylation sites is 1. The maximum absolute atomic E-state index is 10.7. The summed E-state index contributed by atoms with van der Waals surface area (Å²) in [6.07, 6.45) is 1.46. The minimum Gasteiger partial charge on any atom is -0.444 e. The molecule has 2 rings (SSSR count). The van der Waals surface area contributed by atoms with Gasteiger partial charge in [-0.3, -0.25) is 10.1 Å². The molecule has 5 heteroatoms. The predicted molar refractivity (Wildman–Crippen MR) is 53.3 cm³/mol. The van der Waals surface area contributed by atoms with Gasteiger partial charge >= 0.3 is 0 Å². The second-order valence-corrected chi connectivity index (χ2v) is 3.07. The monoisotopic (exact) mass is 204 g/mol. The third-order valence-corrected chi connectivity index (χ3v) is 1.95. The molecule has 0 spiro atoms. The number of benzene rings is 1. The zero-order chi connectivity index (χ0) is 10.8.